The van der Waals surface area contributed by atoms with Crippen LogP contribution in [0.15, 0.2) is 36.4 Å². The Bertz CT molecular complexity index is 528. The van der Waals surface area contributed by atoms with Gasteiger partial charge in [0.1, 0.15) is 5.75 Å². The number of rotatable bonds is 3. The van der Waals surface area contributed by atoms with Crippen molar-refractivity contribution < 1.29 is 9.84 Å². The first-order chi connectivity index (χ1) is 8.15. The highest BCUT2D eigenvalue weighted by Gasteiger charge is 2.19. The van der Waals surface area contributed by atoms with Gasteiger partial charge in [0.2, 0.25) is 0 Å². The van der Waals surface area contributed by atoms with Gasteiger partial charge in [-0.25, -0.2) is 0 Å². The number of aliphatic hydroxyl groups is 1. The summed E-state index contributed by atoms with van der Waals surface area (Å²) >= 11 is 0. The number of hydrogen-bond acceptors (Lipinski definition) is 3. The predicted molar refractivity (Wildman–Crippen MR) is 76.4 cm³/mol. The second-order valence-electron chi connectivity index (χ2n) is 4.17. The molecule has 0 aliphatic heterocycles. The van der Waals surface area contributed by atoms with Crippen molar-refractivity contribution in [3.05, 3.63) is 42.0 Å². The Hall–Kier alpha value is -1.29. The summed E-state index contributed by atoms with van der Waals surface area (Å²) in [6, 6.07) is 11.4. The van der Waals surface area contributed by atoms with Gasteiger partial charge in [0.05, 0.1) is 19.3 Å². The fourth-order valence-electron chi connectivity index (χ4n) is 2.04. The van der Waals surface area contributed by atoms with Crippen LogP contribution in [0.25, 0.3) is 10.8 Å². The zero-order chi connectivity index (χ0) is 12.4. The number of fused-ring (bicyclic) bond motifs is 1. The molecule has 4 heteroatoms. The molecule has 0 bridgehead atoms. The molecule has 98 valence electrons. The van der Waals surface area contributed by atoms with E-state index in [1.54, 1.807) is 14.0 Å². The van der Waals surface area contributed by atoms with Crippen LogP contribution in [0.4, 0.5) is 0 Å². The lowest BCUT2D eigenvalue weighted by Crippen LogP contribution is -2.24. The minimum Gasteiger partial charge on any atom is -0.496 e. The summed E-state index contributed by atoms with van der Waals surface area (Å²) in [4.78, 5) is 0. The van der Waals surface area contributed by atoms with Gasteiger partial charge in [-0.05, 0) is 23.8 Å². The van der Waals surface area contributed by atoms with Gasteiger partial charge < -0.3 is 15.6 Å². The molecule has 0 amide bonds. The summed E-state index contributed by atoms with van der Waals surface area (Å²) in [7, 11) is 1.61. The minimum absolute atomic E-state index is 0. The summed E-state index contributed by atoms with van der Waals surface area (Å²) < 4.78 is 5.33. The van der Waals surface area contributed by atoms with Crippen molar-refractivity contribution in [1.82, 2.24) is 0 Å². The fourth-order valence-corrected chi connectivity index (χ4v) is 2.04. The third-order valence-corrected chi connectivity index (χ3v) is 3.00. The Labute approximate surface area is 113 Å². The largest absolute Gasteiger partial charge is 0.496 e. The Kier molecular flexibility index (Phi) is 4.96. The summed E-state index contributed by atoms with van der Waals surface area (Å²) in [5.74, 6) is 0.720. The molecule has 3 nitrogen and oxygen atoms in total. The smallest absolute Gasteiger partial charge is 0.124 e. The number of methoxy groups -OCH3 is 1. The molecule has 0 aliphatic rings. The van der Waals surface area contributed by atoms with Gasteiger partial charge in [-0.3, -0.25) is 0 Å². The fraction of sp³-hybridized carbons (Fsp3) is 0.286. The lowest BCUT2D eigenvalue weighted by atomic mass is 9.95. The molecule has 0 fully saturated rings. The molecule has 2 aromatic rings. The van der Waals surface area contributed by atoms with E-state index in [0.717, 1.165) is 22.1 Å². The molecule has 2 aromatic carbocycles. The molecular formula is C14H18ClNO2. The monoisotopic (exact) mass is 267 g/mol. The Morgan fingerprint density at radius 1 is 1.17 bits per heavy atom. The molecule has 0 heterocycles. The van der Waals surface area contributed by atoms with Crippen LogP contribution >= 0.6 is 12.4 Å². The first kappa shape index (κ1) is 14.8. The Morgan fingerprint density at radius 3 is 2.44 bits per heavy atom. The number of hydrogen-bond donors (Lipinski definition) is 2. The molecule has 2 rings (SSSR count). The average Bonchev–Trinajstić information content (AvgIpc) is 2.36. The molecular weight excluding hydrogens is 250 g/mol. The predicted octanol–water partition coefficient (Wildman–Crippen LogP) is 2.65. The summed E-state index contributed by atoms with van der Waals surface area (Å²) in [6.07, 6.45) is -0.616. The Morgan fingerprint density at radius 2 is 1.83 bits per heavy atom. The van der Waals surface area contributed by atoms with Gasteiger partial charge in [-0.2, -0.15) is 0 Å². The van der Waals surface area contributed by atoms with Gasteiger partial charge in [-0.1, -0.05) is 30.3 Å². The van der Waals surface area contributed by atoms with E-state index in [9.17, 15) is 5.11 Å². The maximum atomic E-state index is 9.67. The summed E-state index contributed by atoms with van der Waals surface area (Å²) in [5.41, 5.74) is 6.91. The van der Waals surface area contributed by atoms with E-state index in [1.807, 2.05) is 36.4 Å². The molecule has 0 saturated carbocycles. The minimum atomic E-state index is -0.616. The second kappa shape index (κ2) is 6.05. The van der Waals surface area contributed by atoms with Crippen LogP contribution in [0, 0.1) is 0 Å². The molecule has 0 saturated heterocycles. The van der Waals surface area contributed by atoms with Crippen LogP contribution in [-0.2, 0) is 0 Å². The highest BCUT2D eigenvalue weighted by atomic mass is 35.5. The highest BCUT2D eigenvalue weighted by molar-refractivity contribution is 5.88. The molecule has 0 spiro atoms. The number of halogens is 1. The first-order valence-electron chi connectivity index (χ1n) is 5.64. The second-order valence-corrected chi connectivity index (χ2v) is 4.17. The van der Waals surface area contributed by atoms with E-state index >= 15 is 0 Å². The molecule has 18 heavy (non-hydrogen) atoms. The van der Waals surface area contributed by atoms with E-state index in [2.05, 4.69) is 0 Å². The molecule has 0 aliphatic carbocycles. The maximum Gasteiger partial charge on any atom is 0.124 e. The first-order valence-corrected chi connectivity index (χ1v) is 5.64. The molecule has 0 unspecified atom stereocenters. The van der Waals surface area contributed by atoms with Crippen LogP contribution in [-0.4, -0.2) is 18.3 Å². The zero-order valence-corrected chi connectivity index (χ0v) is 11.3. The summed E-state index contributed by atoms with van der Waals surface area (Å²) in [5, 5.41) is 11.8. The van der Waals surface area contributed by atoms with Crippen LogP contribution in [0.5, 0.6) is 5.75 Å². The van der Waals surface area contributed by atoms with Gasteiger partial charge in [0, 0.05) is 5.56 Å². The van der Waals surface area contributed by atoms with Crippen molar-refractivity contribution in [3.8, 4) is 5.75 Å². The third-order valence-electron chi connectivity index (χ3n) is 3.00. The van der Waals surface area contributed by atoms with E-state index < -0.39 is 12.1 Å². The van der Waals surface area contributed by atoms with E-state index in [4.69, 9.17) is 10.5 Å². The van der Waals surface area contributed by atoms with Gasteiger partial charge in [0.25, 0.3) is 0 Å². The lowest BCUT2D eigenvalue weighted by molar-refractivity contribution is 0.163. The van der Waals surface area contributed by atoms with E-state index in [1.165, 1.54) is 0 Å². The standard InChI is InChI=1S/C14H17NO2.ClH/c1-9(16)14(15)13-11-6-4-3-5-10(11)7-8-12(13)17-2;/h3-9,14,16H,15H2,1-2H3;1H/t9-,14-;/m1./s1. The van der Waals surface area contributed by atoms with Crippen LogP contribution in [0.2, 0.25) is 0 Å². The van der Waals surface area contributed by atoms with Crippen LogP contribution in [0.1, 0.15) is 18.5 Å². The quantitative estimate of drug-likeness (QED) is 0.899. The van der Waals surface area contributed by atoms with Crippen molar-refractivity contribution in [1.29, 1.82) is 0 Å². The number of nitrogens with two attached hydrogens (primary N) is 1. The molecule has 3 N–H and O–H groups in total. The molecule has 2 atom stereocenters. The average molecular weight is 268 g/mol. The number of benzene rings is 2. The SMILES string of the molecule is COc1ccc2ccccc2c1[C@H](N)[C@@H](C)O.Cl. The zero-order valence-electron chi connectivity index (χ0n) is 10.5. The van der Waals surface area contributed by atoms with E-state index in [-0.39, 0.29) is 12.4 Å². The molecule has 0 radical (unpaired) electrons. The van der Waals surface area contributed by atoms with Gasteiger partial charge >= 0.3 is 0 Å². The highest BCUT2D eigenvalue weighted by Crippen LogP contribution is 2.33. The topological polar surface area (TPSA) is 55.5 Å². The number of ether oxygens (including phenoxy) is 1. The number of aliphatic hydroxyl groups excluding tert-OH is 1. The van der Waals surface area contributed by atoms with Gasteiger partial charge in [0.15, 0.2) is 0 Å². The van der Waals surface area contributed by atoms with Crippen molar-refractivity contribution in [2.75, 3.05) is 7.11 Å². The normalized spacial score (nSPS) is 13.8. The van der Waals surface area contributed by atoms with Crippen LogP contribution in [0.3, 0.4) is 0 Å². The van der Waals surface area contributed by atoms with Crippen molar-refractivity contribution >= 4 is 23.2 Å². The van der Waals surface area contributed by atoms with Crippen molar-refractivity contribution in [3.63, 3.8) is 0 Å². The van der Waals surface area contributed by atoms with Crippen molar-refractivity contribution in [2.24, 2.45) is 5.73 Å². The Balaban J connectivity index is 0.00000162. The van der Waals surface area contributed by atoms with Crippen LogP contribution < -0.4 is 10.5 Å². The molecule has 0 aromatic heterocycles. The summed E-state index contributed by atoms with van der Waals surface area (Å²) in [6.45, 7) is 1.69. The third kappa shape index (κ3) is 2.58. The lowest BCUT2D eigenvalue weighted by Gasteiger charge is -2.20. The maximum absolute atomic E-state index is 9.67. The van der Waals surface area contributed by atoms with Gasteiger partial charge in [-0.15, -0.1) is 12.4 Å². The van der Waals surface area contributed by atoms with E-state index in [0.29, 0.717) is 0 Å². The van der Waals surface area contributed by atoms with Crippen molar-refractivity contribution in [2.45, 2.75) is 19.1 Å².